The second-order valence-electron chi connectivity index (χ2n) is 3.30. The zero-order chi connectivity index (χ0) is 11.6. The van der Waals surface area contributed by atoms with E-state index in [0.29, 0.717) is 26.2 Å². The van der Waals surface area contributed by atoms with Gasteiger partial charge in [-0.2, -0.15) is 0 Å². The molecule has 0 aromatic rings. The molecule has 0 atom stereocenters. The van der Waals surface area contributed by atoms with Crippen LogP contribution in [0.4, 0.5) is 0 Å². The Labute approximate surface area is 92.0 Å². The molecule has 0 aromatic carbocycles. The molecule has 0 aliphatic heterocycles. The highest BCUT2D eigenvalue weighted by Crippen LogP contribution is 1.90. The van der Waals surface area contributed by atoms with Crippen LogP contribution in [0.1, 0.15) is 26.2 Å². The molecule has 0 bridgehead atoms. The van der Waals surface area contributed by atoms with E-state index in [0.717, 1.165) is 19.4 Å². The van der Waals surface area contributed by atoms with E-state index in [9.17, 15) is 8.42 Å². The highest BCUT2D eigenvalue weighted by molar-refractivity contribution is 7.89. The zero-order valence-corrected chi connectivity index (χ0v) is 10.1. The van der Waals surface area contributed by atoms with Crippen molar-refractivity contribution in [3.05, 3.63) is 0 Å². The third-order valence-corrected chi connectivity index (χ3v) is 2.59. The van der Waals surface area contributed by atoms with Gasteiger partial charge in [0.15, 0.2) is 0 Å². The topological polar surface area (TPSA) is 78.6 Å². The van der Waals surface area contributed by atoms with Gasteiger partial charge in [-0.3, -0.25) is 0 Å². The smallest absolute Gasteiger partial charge is 0.209 e. The Hall–Kier alpha value is -0.170. The lowest BCUT2D eigenvalue weighted by Crippen LogP contribution is -2.18. The lowest BCUT2D eigenvalue weighted by atomic mass is 10.4. The maximum atomic E-state index is 10.5. The summed E-state index contributed by atoms with van der Waals surface area (Å²) in [5, 5.41) is 4.82. The molecule has 0 heterocycles. The van der Waals surface area contributed by atoms with E-state index in [1.807, 2.05) is 0 Å². The monoisotopic (exact) mass is 239 g/mol. The lowest BCUT2D eigenvalue weighted by molar-refractivity contribution is 0.0471. The third-order valence-electron chi connectivity index (χ3n) is 1.73. The van der Waals surface area contributed by atoms with E-state index in [1.54, 1.807) is 0 Å². The van der Waals surface area contributed by atoms with Gasteiger partial charge in [0.2, 0.25) is 10.0 Å². The summed E-state index contributed by atoms with van der Waals surface area (Å²) in [7, 11) is -3.34. The summed E-state index contributed by atoms with van der Waals surface area (Å²) in [6.45, 7) is 4.35. The summed E-state index contributed by atoms with van der Waals surface area (Å²) >= 11 is 0. The molecule has 0 amide bonds. The summed E-state index contributed by atoms with van der Waals surface area (Å²) in [6, 6.07) is 0. The summed E-state index contributed by atoms with van der Waals surface area (Å²) in [5.74, 6) is -0.0241. The Kier molecular flexibility index (Phi) is 8.98. The van der Waals surface area contributed by atoms with Crippen LogP contribution in [0.5, 0.6) is 0 Å². The van der Waals surface area contributed by atoms with Crippen LogP contribution in [-0.4, -0.2) is 40.6 Å². The predicted octanol–water partition coefficient (Wildman–Crippen LogP) is 0.498. The average molecular weight is 239 g/mol. The van der Waals surface area contributed by atoms with Crippen LogP contribution in [0.15, 0.2) is 0 Å². The number of sulfonamides is 1. The fraction of sp³-hybridized carbons (Fsp3) is 1.00. The van der Waals surface area contributed by atoms with E-state index >= 15 is 0 Å². The van der Waals surface area contributed by atoms with Crippen molar-refractivity contribution in [1.29, 1.82) is 0 Å². The summed E-state index contributed by atoms with van der Waals surface area (Å²) in [4.78, 5) is 0. The number of rotatable bonds is 10. The minimum absolute atomic E-state index is 0.0241. The third kappa shape index (κ3) is 13.8. The van der Waals surface area contributed by atoms with Gasteiger partial charge in [-0.25, -0.2) is 13.6 Å². The Morgan fingerprint density at radius 1 is 1.00 bits per heavy atom. The molecule has 0 spiro atoms. The molecule has 0 aromatic heterocycles. The summed E-state index contributed by atoms with van der Waals surface area (Å²) in [5.41, 5.74) is 0. The van der Waals surface area contributed by atoms with Gasteiger partial charge in [0.05, 0.1) is 19.0 Å². The SMILES string of the molecule is CCCCOCCOCCCS(N)(=O)=O. The summed E-state index contributed by atoms with van der Waals surface area (Å²) in [6.07, 6.45) is 2.62. The van der Waals surface area contributed by atoms with Crippen LogP contribution in [-0.2, 0) is 19.5 Å². The van der Waals surface area contributed by atoms with E-state index < -0.39 is 10.0 Å². The lowest BCUT2D eigenvalue weighted by Gasteiger charge is -2.04. The van der Waals surface area contributed by atoms with Gasteiger partial charge >= 0.3 is 0 Å². The molecular formula is C9H21NO4S. The Morgan fingerprint density at radius 2 is 1.53 bits per heavy atom. The molecule has 0 fully saturated rings. The Balaban J connectivity index is 3.06. The van der Waals surface area contributed by atoms with Crippen molar-refractivity contribution in [2.75, 3.05) is 32.2 Å². The average Bonchev–Trinajstić information content (AvgIpc) is 2.14. The number of hydrogen-bond donors (Lipinski definition) is 1. The highest BCUT2D eigenvalue weighted by Gasteiger charge is 2.01. The first-order valence-electron chi connectivity index (χ1n) is 5.22. The maximum Gasteiger partial charge on any atom is 0.209 e. The Morgan fingerprint density at radius 3 is 2.00 bits per heavy atom. The van der Waals surface area contributed by atoms with Gasteiger partial charge in [0, 0.05) is 13.2 Å². The molecule has 2 N–H and O–H groups in total. The van der Waals surface area contributed by atoms with Crippen molar-refractivity contribution in [2.24, 2.45) is 5.14 Å². The number of unbranched alkanes of at least 4 members (excludes halogenated alkanes) is 1. The van der Waals surface area contributed by atoms with Crippen molar-refractivity contribution in [1.82, 2.24) is 0 Å². The number of hydrogen-bond acceptors (Lipinski definition) is 4. The van der Waals surface area contributed by atoms with Crippen LogP contribution in [0, 0.1) is 0 Å². The second kappa shape index (κ2) is 9.08. The van der Waals surface area contributed by atoms with E-state index in [4.69, 9.17) is 14.6 Å². The van der Waals surface area contributed by atoms with Crippen molar-refractivity contribution in [2.45, 2.75) is 26.2 Å². The van der Waals surface area contributed by atoms with Crippen molar-refractivity contribution in [3.63, 3.8) is 0 Å². The number of nitrogens with two attached hydrogens (primary N) is 1. The first-order chi connectivity index (χ1) is 7.06. The molecule has 0 saturated carbocycles. The molecule has 0 radical (unpaired) electrons. The van der Waals surface area contributed by atoms with Crippen molar-refractivity contribution >= 4 is 10.0 Å². The fourth-order valence-corrected chi connectivity index (χ4v) is 1.45. The molecule has 0 aliphatic carbocycles. The van der Waals surface area contributed by atoms with Gasteiger partial charge in [0.25, 0.3) is 0 Å². The van der Waals surface area contributed by atoms with Gasteiger partial charge in [-0.1, -0.05) is 13.3 Å². The van der Waals surface area contributed by atoms with Gasteiger partial charge in [-0.15, -0.1) is 0 Å². The molecule has 0 unspecified atom stereocenters. The van der Waals surface area contributed by atoms with Crippen molar-refractivity contribution < 1.29 is 17.9 Å². The predicted molar refractivity (Wildman–Crippen MR) is 59.1 cm³/mol. The van der Waals surface area contributed by atoms with Crippen LogP contribution in [0.25, 0.3) is 0 Å². The molecule has 15 heavy (non-hydrogen) atoms. The number of ether oxygens (including phenoxy) is 2. The quantitative estimate of drug-likeness (QED) is 0.563. The van der Waals surface area contributed by atoms with E-state index in [1.165, 1.54) is 0 Å². The van der Waals surface area contributed by atoms with Crippen LogP contribution >= 0.6 is 0 Å². The summed E-state index contributed by atoms with van der Waals surface area (Å²) < 4.78 is 31.5. The highest BCUT2D eigenvalue weighted by atomic mass is 32.2. The zero-order valence-electron chi connectivity index (χ0n) is 9.28. The van der Waals surface area contributed by atoms with Crippen molar-refractivity contribution in [3.8, 4) is 0 Å². The Bertz CT molecular complexity index is 228. The van der Waals surface area contributed by atoms with Crippen LogP contribution in [0.2, 0.25) is 0 Å². The van der Waals surface area contributed by atoms with Gasteiger partial charge in [0.1, 0.15) is 0 Å². The fourth-order valence-electron chi connectivity index (χ4n) is 0.931. The second-order valence-corrected chi connectivity index (χ2v) is 5.03. The molecule has 92 valence electrons. The standard InChI is InChI=1S/C9H21NO4S/c1-2-3-5-13-7-8-14-6-4-9-15(10,11)12/h2-9H2,1H3,(H2,10,11,12). The molecular weight excluding hydrogens is 218 g/mol. The van der Waals surface area contributed by atoms with E-state index in [2.05, 4.69) is 6.92 Å². The largest absolute Gasteiger partial charge is 0.379 e. The molecule has 5 nitrogen and oxygen atoms in total. The normalized spacial score (nSPS) is 11.9. The van der Waals surface area contributed by atoms with Crippen LogP contribution in [0.3, 0.4) is 0 Å². The maximum absolute atomic E-state index is 10.5. The van der Waals surface area contributed by atoms with Gasteiger partial charge in [-0.05, 0) is 12.8 Å². The van der Waals surface area contributed by atoms with E-state index in [-0.39, 0.29) is 5.75 Å². The van der Waals surface area contributed by atoms with Gasteiger partial charge < -0.3 is 9.47 Å². The first kappa shape index (κ1) is 14.8. The molecule has 6 heteroatoms. The minimum Gasteiger partial charge on any atom is -0.379 e. The number of primary sulfonamides is 1. The molecule has 0 rings (SSSR count). The first-order valence-corrected chi connectivity index (χ1v) is 6.93. The molecule has 0 aliphatic rings. The van der Waals surface area contributed by atoms with Crippen LogP contribution < -0.4 is 5.14 Å². The minimum atomic E-state index is -3.34. The molecule has 0 saturated heterocycles.